The van der Waals surface area contributed by atoms with Crippen LogP contribution in [-0.2, 0) is 4.74 Å². The Morgan fingerprint density at radius 1 is 1.14 bits per heavy atom. The molecule has 4 nitrogen and oxygen atoms in total. The molecule has 2 aromatic carbocycles. The summed E-state index contributed by atoms with van der Waals surface area (Å²) in [7, 11) is 2.08. The van der Waals surface area contributed by atoms with Gasteiger partial charge >= 0.3 is 0 Å². The van der Waals surface area contributed by atoms with E-state index in [1.165, 1.54) is 0 Å². The first-order valence-electron chi connectivity index (χ1n) is 7.54. The van der Waals surface area contributed by atoms with Crippen molar-refractivity contribution in [3.8, 4) is 11.5 Å². The summed E-state index contributed by atoms with van der Waals surface area (Å²) < 4.78 is 12.0. The topological polar surface area (TPSA) is 41.9 Å². The Kier molecular flexibility index (Phi) is 4.61. The normalized spacial score (nSPS) is 20.5. The molecule has 0 spiro atoms. The maximum atomic E-state index is 9.98. The summed E-state index contributed by atoms with van der Waals surface area (Å²) in [5.41, 5.74) is 1.05. The summed E-state index contributed by atoms with van der Waals surface area (Å²) in [6, 6.07) is 17.1. The highest BCUT2D eigenvalue weighted by atomic mass is 16.5. The second-order valence-electron chi connectivity index (χ2n) is 5.59. The molecular weight excluding hydrogens is 278 g/mol. The minimum absolute atomic E-state index is 0.0687. The van der Waals surface area contributed by atoms with Gasteiger partial charge in [-0.15, -0.1) is 0 Å². The van der Waals surface area contributed by atoms with E-state index in [1.807, 2.05) is 36.4 Å². The molecule has 1 fully saturated rings. The number of para-hydroxylation sites is 2. The number of aromatic hydroxyl groups is 1. The highest BCUT2D eigenvalue weighted by molar-refractivity contribution is 5.38. The fraction of sp³-hybridized carbons (Fsp3) is 0.333. The lowest BCUT2D eigenvalue weighted by Gasteiger charge is -2.35. The Bertz CT molecular complexity index is 602. The van der Waals surface area contributed by atoms with Crippen LogP contribution >= 0.6 is 0 Å². The lowest BCUT2D eigenvalue weighted by Crippen LogP contribution is -2.44. The molecule has 1 saturated heterocycles. The molecule has 0 amide bonds. The van der Waals surface area contributed by atoms with Crippen LogP contribution < -0.4 is 4.74 Å². The second-order valence-corrected chi connectivity index (χ2v) is 5.59. The van der Waals surface area contributed by atoms with E-state index in [2.05, 4.69) is 11.9 Å². The summed E-state index contributed by atoms with van der Waals surface area (Å²) in [4.78, 5) is 2.23. The highest BCUT2D eigenvalue weighted by Crippen LogP contribution is 2.33. The number of hydrogen-bond donors (Lipinski definition) is 1. The highest BCUT2D eigenvalue weighted by Gasteiger charge is 2.30. The third-order valence-corrected chi connectivity index (χ3v) is 3.88. The summed E-state index contributed by atoms with van der Waals surface area (Å²) in [6.07, 6.45) is -0.321. The summed E-state index contributed by atoms with van der Waals surface area (Å²) in [6.45, 7) is 2.41. The van der Waals surface area contributed by atoms with Crippen molar-refractivity contribution in [1.82, 2.24) is 4.90 Å². The Balaban J connectivity index is 1.88. The molecule has 2 unspecified atom stereocenters. The minimum atomic E-state index is -0.253. The lowest BCUT2D eigenvalue weighted by molar-refractivity contribution is -0.0763. The van der Waals surface area contributed by atoms with Crippen molar-refractivity contribution in [3.05, 3.63) is 60.2 Å². The molecule has 2 atom stereocenters. The minimum Gasteiger partial charge on any atom is -0.504 e. The van der Waals surface area contributed by atoms with Crippen LogP contribution in [0.5, 0.6) is 11.5 Å². The zero-order valence-corrected chi connectivity index (χ0v) is 12.7. The second kappa shape index (κ2) is 6.81. The largest absolute Gasteiger partial charge is 0.504 e. The van der Waals surface area contributed by atoms with Crippen LogP contribution in [0.25, 0.3) is 0 Å². The number of ether oxygens (including phenoxy) is 2. The fourth-order valence-electron chi connectivity index (χ4n) is 2.69. The molecule has 0 radical (unpaired) electrons. The smallest absolute Gasteiger partial charge is 0.162 e. The number of hydrogen-bond acceptors (Lipinski definition) is 4. The van der Waals surface area contributed by atoms with E-state index in [0.29, 0.717) is 12.4 Å². The first kappa shape index (κ1) is 14.9. The number of benzene rings is 2. The van der Waals surface area contributed by atoms with Gasteiger partial charge in [-0.1, -0.05) is 42.5 Å². The molecule has 1 N–H and O–H groups in total. The van der Waals surface area contributed by atoms with E-state index in [4.69, 9.17) is 9.47 Å². The number of rotatable bonds is 4. The van der Waals surface area contributed by atoms with Crippen molar-refractivity contribution < 1.29 is 14.6 Å². The van der Waals surface area contributed by atoms with E-state index in [1.54, 1.807) is 18.2 Å². The van der Waals surface area contributed by atoms with Gasteiger partial charge in [0.25, 0.3) is 0 Å². The monoisotopic (exact) mass is 299 g/mol. The Morgan fingerprint density at radius 3 is 2.59 bits per heavy atom. The van der Waals surface area contributed by atoms with Gasteiger partial charge in [0.05, 0.1) is 6.61 Å². The standard InChI is InChI=1S/C18H21NO3/c1-19-11-12-21-17(13-19)18(14-7-3-2-4-8-14)22-16-10-6-5-9-15(16)20/h2-10,17-18,20H,11-13H2,1H3. The molecule has 1 aliphatic rings. The molecule has 0 aliphatic carbocycles. The quantitative estimate of drug-likeness (QED) is 0.942. The van der Waals surface area contributed by atoms with Crippen molar-refractivity contribution in [2.45, 2.75) is 12.2 Å². The fourth-order valence-corrected chi connectivity index (χ4v) is 2.69. The SMILES string of the molecule is CN1CCOC(C(Oc2ccccc2O)c2ccccc2)C1. The van der Waals surface area contributed by atoms with Crippen LogP contribution in [0.15, 0.2) is 54.6 Å². The lowest BCUT2D eigenvalue weighted by atomic mass is 10.0. The molecule has 2 aromatic rings. The molecule has 3 rings (SSSR count). The van der Waals surface area contributed by atoms with Crippen LogP contribution in [0.1, 0.15) is 11.7 Å². The zero-order chi connectivity index (χ0) is 15.4. The first-order chi connectivity index (χ1) is 10.7. The van der Waals surface area contributed by atoms with Gasteiger partial charge in [0, 0.05) is 13.1 Å². The third kappa shape index (κ3) is 3.40. The number of phenolic OH excluding ortho intramolecular Hbond substituents is 1. The van der Waals surface area contributed by atoms with Crippen molar-refractivity contribution >= 4 is 0 Å². The molecule has 4 heteroatoms. The van der Waals surface area contributed by atoms with E-state index < -0.39 is 0 Å². The Hall–Kier alpha value is -2.04. The van der Waals surface area contributed by atoms with Gasteiger partial charge in [-0.3, -0.25) is 0 Å². The maximum absolute atomic E-state index is 9.98. The average molecular weight is 299 g/mol. The van der Waals surface area contributed by atoms with Crippen molar-refractivity contribution in [2.75, 3.05) is 26.7 Å². The van der Waals surface area contributed by atoms with Crippen molar-refractivity contribution in [2.24, 2.45) is 0 Å². The van der Waals surface area contributed by atoms with Crippen LogP contribution in [0, 0.1) is 0 Å². The van der Waals surface area contributed by atoms with Gasteiger partial charge < -0.3 is 19.5 Å². The van der Waals surface area contributed by atoms with Gasteiger partial charge in [0.2, 0.25) is 0 Å². The molecular formula is C18H21NO3. The van der Waals surface area contributed by atoms with Gasteiger partial charge in [-0.05, 0) is 24.7 Å². The van der Waals surface area contributed by atoms with E-state index in [-0.39, 0.29) is 18.0 Å². The van der Waals surface area contributed by atoms with Crippen LogP contribution in [0.3, 0.4) is 0 Å². The van der Waals surface area contributed by atoms with E-state index in [9.17, 15) is 5.11 Å². The average Bonchev–Trinajstić information content (AvgIpc) is 2.55. The zero-order valence-electron chi connectivity index (χ0n) is 12.7. The maximum Gasteiger partial charge on any atom is 0.162 e. The summed E-state index contributed by atoms with van der Waals surface area (Å²) in [5.74, 6) is 0.626. The van der Waals surface area contributed by atoms with Crippen molar-refractivity contribution in [1.29, 1.82) is 0 Å². The number of phenols is 1. The summed E-state index contributed by atoms with van der Waals surface area (Å²) in [5, 5.41) is 9.98. The first-order valence-corrected chi connectivity index (χ1v) is 7.54. The van der Waals surface area contributed by atoms with Gasteiger partial charge in [0.1, 0.15) is 6.10 Å². The predicted molar refractivity (Wildman–Crippen MR) is 85.2 cm³/mol. The molecule has 0 aromatic heterocycles. The van der Waals surface area contributed by atoms with E-state index in [0.717, 1.165) is 18.7 Å². The van der Waals surface area contributed by atoms with Gasteiger partial charge in [-0.25, -0.2) is 0 Å². The van der Waals surface area contributed by atoms with Crippen LogP contribution in [0.4, 0.5) is 0 Å². The van der Waals surface area contributed by atoms with Gasteiger partial charge in [0.15, 0.2) is 17.6 Å². The molecule has 1 heterocycles. The van der Waals surface area contributed by atoms with Crippen LogP contribution in [0.2, 0.25) is 0 Å². The summed E-state index contributed by atoms with van der Waals surface area (Å²) >= 11 is 0. The number of likely N-dealkylation sites (N-methyl/N-ethyl adjacent to an activating group) is 1. The molecule has 0 bridgehead atoms. The van der Waals surface area contributed by atoms with E-state index >= 15 is 0 Å². The molecule has 0 saturated carbocycles. The van der Waals surface area contributed by atoms with Crippen molar-refractivity contribution in [3.63, 3.8) is 0 Å². The number of nitrogens with zero attached hydrogens (tertiary/aromatic N) is 1. The molecule has 116 valence electrons. The Morgan fingerprint density at radius 2 is 1.86 bits per heavy atom. The molecule has 1 aliphatic heterocycles. The van der Waals surface area contributed by atoms with Crippen LogP contribution in [-0.4, -0.2) is 42.9 Å². The Labute approximate surface area is 130 Å². The number of morpholine rings is 1. The third-order valence-electron chi connectivity index (χ3n) is 3.88. The molecule has 22 heavy (non-hydrogen) atoms. The predicted octanol–water partition coefficient (Wildman–Crippen LogP) is 2.84. The van der Waals surface area contributed by atoms with Gasteiger partial charge in [-0.2, -0.15) is 0 Å².